The van der Waals surface area contributed by atoms with E-state index in [2.05, 4.69) is 17.6 Å². The molecule has 0 radical (unpaired) electrons. The third-order valence-corrected chi connectivity index (χ3v) is 5.96. The lowest BCUT2D eigenvalue weighted by atomic mass is 9.88. The quantitative estimate of drug-likeness (QED) is 0.679. The largest absolute Gasteiger partial charge is 0.462 e. The summed E-state index contributed by atoms with van der Waals surface area (Å²) in [5.41, 5.74) is 2.38. The Hall–Kier alpha value is -2.05. The molecule has 1 aromatic carbocycles. The van der Waals surface area contributed by atoms with Crippen molar-refractivity contribution in [2.45, 2.75) is 33.1 Å². The molecule has 7 heteroatoms. The minimum atomic E-state index is -0.356. The van der Waals surface area contributed by atoms with Crippen LogP contribution in [0.25, 0.3) is 0 Å². The molecule has 0 fully saturated rings. The predicted molar refractivity (Wildman–Crippen MR) is 110 cm³/mol. The van der Waals surface area contributed by atoms with Crippen LogP contribution in [0.15, 0.2) is 24.3 Å². The molecule has 0 aliphatic heterocycles. The van der Waals surface area contributed by atoms with Crippen LogP contribution >= 0.6 is 22.9 Å². The van der Waals surface area contributed by atoms with Crippen LogP contribution in [0.2, 0.25) is 5.02 Å². The molecule has 2 N–H and O–H groups in total. The molecule has 1 aliphatic rings. The zero-order valence-electron chi connectivity index (χ0n) is 15.4. The molecule has 1 aromatic heterocycles. The Morgan fingerprint density at radius 2 is 2.04 bits per heavy atom. The van der Waals surface area contributed by atoms with E-state index in [9.17, 15) is 9.59 Å². The average Bonchev–Trinajstić information content (AvgIpc) is 2.98. The van der Waals surface area contributed by atoms with Crippen molar-refractivity contribution >= 4 is 45.5 Å². The van der Waals surface area contributed by atoms with Crippen molar-refractivity contribution in [3.05, 3.63) is 45.3 Å². The van der Waals surface area contributed by atoms with Gasteiger partial charge in [-0.25, -0.2) is 4.79 Å². The number of fused-ring (bicyclic) bond motifs is 1. The lowest BCUT2D eigenvalue weighted by molar-refractivity contribution is -0.114. The summed E-state index contributed by atoms with van der Waals surface area (Å²) in [6.07, 6.45) is 2.83. The molecule has 0 unspecified atom stereocenters. The van der Waals surface area contributed by atoms with Crippen molar-refractivity contribution in [1.82, 2.24) is 0 Å². The van der Waals surface area contributed by atoms with Gasteiger partial charge in [-0.1, -0.05) is 18.5 Å². The third kappa shape index (κ3) is 4.82. The maximum atomic E-state index is 12.5. The van der Waals surface area contributed by atoms with Gasteiger partial charge < -0.3 is 15.4 Å². The number of nitrogens with one attached hydrogen (secondary N) is 2. The van der Waals surface area contributed by atoms with Gasteiger partial charge in [-0.15, -0.1) is 11.3 Å². The molecule has 5 nitrogen and oxygen atoms in total. The van der Waals surface area contributed by atoms with Crippen molar-refractivity contribution in [1.29, 1.82) is 0 Å². The molecule has 0 bridgehead atoms. The van der Waals surface area contributed by atoms with Crippen LogP contribution in [0.4, 0.5) is 10.7 Å². The van der Waals surface area contributed by atoms with Gasteiger partial charge in [-0.05, 0) is 61.9 Å². The van der Waals surface area contributed by atoms with Gasteiger partial charge in [0, 0.05) is 15.6 Å². The number of halogens is 1. The Morgan fingerprint density at radius 1 is 1.30 bits per heavy atom. The highest BCUT2D eigenvalue weighted by molar-refractivity contribution is 7.17. The molecule has 0 saturated heterocycles. The zero-order chi connectivity index (χ0) is 19.4. The highest BCUT2D eigenvalue weighted by Gasteiger charge is 2.29. The summed E-state index contributed by atoms with van der Waals surface area (Å²) < 4.78 is 5.23. The number of benzene rings is 1. The summed E-state index contributed by atoms with van der Waals surface area (Å²) in [5.74, 6) is 0.0222. The van der Waals surface area contributed by atoms with E-state index in [1.807, 2.05) is 12.1 Å². The number of anilines is 2. The Morgan fingerprint density at radius 3 is 2.74 bits per heavy atom. The number of rotatable bonds is 6. The Bertz CT molecular complexity index is 832. The number of carbonyl (C=O) groups is 2. The second-order valence-corrected chi connectivity index (χ2v) is 8.23. The molecule has 0 saturated carbocycles. The molecular weight excluding hydrogens is 384 g/mol. The molecule has 27 heavy (non-hydrogen) atoms. The minimum Gasteiger partial charge on any atom is -0.462 e. The van der Waals surface area contributed by atoms with E-state index in [1.54, 1.807) is 19.1 Å². The standard InChI is InChI=1S/C20H23ClN2O3S/c1-3-26-20(25)18-15-9-4-12(2)10-16(15)27-19(18)23-17(24)11-22-14-7-5-13(21)6-8-14/h5-8,12,22H,3-4,9-11H2,1-2H3,(H,23,24)/t12-/m0/s1. The van der Waals surface area contributed by atoms with Crippen molar-refractivity contribution in [2.24, 2.45) is 5.92 Å². The first-order chi connectivity index (χ1) is 13.0. The van der Waals surface area contributed by atoms with E-state index in [0.29, 0.717) is 28.1 Å². The van der Waals surface area contributed by atoms with Crippen LogP contribution in [0.1, 0.15) is 41.1 Å². The predicted octanol–water partition coefficient (Wildman–Crippen LogP) is 4.75. The SMILES string of the molecule is CCOC(=O)c1c(NC(=O)CNc2ccc(Cl)cc2)sc2c1CC[C@H](C)C2. The summed E-state index contributed by atoms with van der Waals surface area (Å²) in [6, 6.07) is 7.14. The first-order valence-electron chi connectivity index (χ1n) is 9.08. The normalized spacial score (nSPS) is 15.7. The third-order valence-electron chi connectivity index (χ3n) is 4.54. The van der Waals surface area contributed by atoms with Crippen LogP contribution in [0.5, 0.6) is 0 Å². The van der Waals surface area contributed by atoms with Crippen LogP contribution in [0, 0.1) is 5.92 Å². The molecule has 0 spiro atoms. The van der Waals surface area contributed by atoms with E-state index in [4.69, 9.17) is 16.3 Å². The summed E-state index contributed by atoms with van der Waals surface area (Å²) in [6.45, 7) is 4.41. The fraction of sp³-hybridized carbons (Fsp3) is 0.400. The van der Waals surface area contributed by atoms with Crippen LogP contribution in [0.3, 0.4) is 0 Å². The fourth-order valence-corrected chi connectivity index (χ4v) is 4.72. The van der Waals surface area contributed by atoms with Crippen molar-refractivity contribution in [2.75, 3.05) is 23.8 Å². The van der Waals surface area contributed by atoms with Crippen LogP contribution in [-0.4, -0.2) is 25.0 Å². The Labute approximate surface area is 168 Å². The van der Waals surface area contributed by atoms with E-state index in [1.165, 1.54) is 16.2 Å². The molecule has 2 aromatic rings. The van der Waals surface area contributed by atoms with E-state index in [0.717, 1.165) is 30.5 Å². The van der Waals surface area contributed by atoms with Crippen LogP contribution in [-0.2, 0) is 22.4 Å². The highest BCUT2D eigenvalue weighted by atomic mass is 35.5. The second kappa shape index (κ2) is 8.76. The summed E-state index contributed by atoms with van der Waals surface area (Å²) >= 11 is 7.36. The number of hydrogen-bond acceptors (Lipinski definition) is 5. The van der Waals surface area contributed by atoms with Gasteiger partial charge in [0.2, 0.25) is 5.91 Å². The maximum absolute atomic E-state index is 12.5. The maximum Gasteiger partial charge on any atom is 0.341 e. The first-order valence-corrected chi connectivity index (χ1v) is 10.3. The number of carbonyl (C=O) groups excluding carboxylic acids is 2. The number of esters is 1. The number of amides is 1. The second-order valence-electron chi connectivity index (χ2n) is 6.68. The monoisotopic (exact) mass is 406 g/mol. The topological polar surface area (TPSA) is 67.4 Å². The number of ether oxygens (including phenoxy) is 1. The van der Waals surface area contributed by atoms with Gasteiger partial charge in [0.1, 0.15) is 5.00 Å². The summed E-state index contributed by atoms with van der Waals surface area (Å²) in [4.78, 5) is 26.1. The van der Waals surface area contributed by atoms with Crippen molar-refractivity contribution in [3.8, 4) is 0 Å². The molecule has 3 rings (SSSR count). The fourth-order valence-electron chi connectivity index (χ4n) is 3.18. The Kier molecular flexibility index (Phi) is 6.39. The smallest absolute Gasteiger partial charge is 0.341 e. The Balaban J connectivity index is 1.73. The number of thiophene rings is 1. The molecule has 1 atom stereocenters. The van der Waals surface area contributed by atoms with Gasteiger partial charge in [0.05, 0.1) is 18.7 Å². The molecular formula is C20H23ClN2O3S. The summed E-state index contributed by atoms with van der Waals surface area (Å²) in [5, 5.41) is 7.18. The highest BCUT2D eigenvalue weighted by Crippen LogP contribution is 2.40. The molecule has 144 valence electrons. The molecule has 1 amide bonds. The van der Waals surface area contributed by atoms with Gasteiger partial charge in [-0.3, -0.25) is 4.79 Å². The minimum absolute atomic E-state index is 0.100. The van der Waals surface area contributed by atoms with E-state index >= 15 is 0 Å². The zero-order valence-corrected chi connectivity index (χ0v) is 17.0. The van der Waals surface area contributed by atoms with Gasteiger partial charge in [0.25, 0.3) is 0 Å². The van der Waals surface area contributed by atoms with Gasteiger partial charge in [0.15, 0.2) is 0 Å². The summed E-state index contributed by atoms with van der Waals surface area (Å²) in [7, 11) is 0. The van der Waals surface area contributed by atoms with Gasteiger partial charge >= 0.3 is 5.97 Å². The molecule has 1 heterocycles. The van der Waals surface area contributed by atoms with Crippen molar-refractivity contribution < 1.29 is 14.3 Å². The molecule has 1 aliphatic carbocycles. The lowest BCUT2D eigenvalue weighted by Crippen LogP contribution is -2.22. The van der Waals surface area contributed by atoms with Crippen LogP contribution < -0.4 is 10.6 Å². The van der Waals surface area contributed by atoms with Gasteiger partial charge in [-0.2, -0.15) is 0 Å². The average molecular weight is 407 g/mol. The number of hydrogen-bond donors (Lipinski definition) is 2. The van der Waals surface area contributed by atoms with E-state index in [-0.39, 0.29) is 18.4 Å². The first kappa shape index (κ1) is 19.7. The van der Waals surface area contributed by atoms with E-state index < -0.39 is 0 Å². The van der Waals surface area contributed by atoms with Crippen molar-refractivity contribution in [3.63, 3.8) is 0 Å². The lowest BCUT2D eigenvalue weighted by Gasteiger charge is -2.18.